The van der Waals surface area contributed by atoms with Crippen molar-refractivity contribution in [2.75, 3.05) is 13.2 Å². The van der Waals surface area contributed by atoms with Crippen molar-refractivity contribution in [2.45, 2.75) is 78.0 Å². The van der Waals surface area contributed by atoms with Crippen molar-refractivity contribution in [3.63, 3.8) is 0 Å². The molecule has 2 fully saturated rings. The molecule has 2 aliphatic carbocycles. The minimum Gasteiger partial charge on any atom is -0.392 e. The van der Waals surface area contributed by atoms with Crippen LogP contribution in [0.2, 0.25) is 0 Å². The van der Waals surface area contributed by atoms with Crippen molar-refractivity contribution >= 4 is 0 Å². The van der Waals surface area contributed by atoms with Gasteiger partial charge in [0.1, 0.15) is 0 Å². The zero-order chi connectivity index (χ0) is 14.1. The monoisotopic (exact) mass is 269 g/mol. The summed E-state index contributed by atoms with van der Waals surface area (Å²) in [5, 5.41) is 13.7. The van der Waals surface area contributed by atoms with Gasteiger partial charge in [0.15, 0.2) is 0 Å². The third-order valence-electron chi connectivity index (χ3n) is 4.89. The van der Waals surface area contributed by atoms with E-state index < -0.39 is 0 Å². The number of aliphatic hydroxyl groups is 1. The van der Waals surface area contributed by atoms with Crippen LogP contribution in [-0.4, -0.2) is 36.5 Å². The first-order chi connectivity index (χ1) is 8.87. The molecular weight excluding hydrogens is 238 g/mol. The van der Waals surface area contributed by atoms with E-state index in [0.717, 1.165) is 26.0 Å². The SMILES string of the molecule is CCOC1CC(NCC(O)CC(C)(C)C)C12CCC2. The molecule has 3 nitrogen and oxygen atoms in total. The lowest BCUT2D eigenvalue weighted by Gasteiger charge is -2.61. The normalized spacial score (nSPS) is 30.8. The molecule has 19 heavy (non-hydrogen) atoms. The largest absolute Gasteiger partial charge is 0.392 e. The first kappa shape index (κ1) is 15.3. The molecule has 0 radical (unpaired) electrons. The Kier molecular flexibility index (Phi) is 4.59. The summed E-state index contributed by atoms with van der Waals surface area (Å²) in [6, 6.07) is 0.562. The molecule has 0 amide bonds. The van der Waals surface area contributed by atoms with Crippen LogP contribution < -0.4 is 5.32 Å². The van der Waals surface area contributed by atoms with Crippen LogP contribution in [0.1, 0.15) is 59.8 Å². The van der Waals surface area contributed by atoms with E-state index in [1.807, 2.05) is 0 Å². The molecule has 0 aliphatic heterocycles. The molecule has 2 rings (SSSR count). The van der Waals surface area contributed by atoms with Gasteiger partial charge in [0, 0.05) is 24.6 Å². The van der Waals surface area contributed by atoms with Gasteiger partial charge in [-0.1, -0.05) is 27.2 Å². The lowest BCUT2D eigenvalue weighted by molar-refractivity contribution is -0.173. The van der Waals surface area contributed by atoms with E-state index in [-0.39, 0.29) is 11.5 Å². The van der Waals surface area contributed by atoms with Gasteiger partial charge >= 0.3 is 0 Å². The van der Waals surface area contributed by atoms with Crippen LogP contribution in [0.25, 0.3) is 0 Å². The Morgan fingerprint density at radius 2 is 2.05 bits per heavy atom. The Labute approximate surface area is 118 Å². The molecular formula is C16H31NO2. The highest BCUT2D eigenvalue weighted by Crippen LogP contribution is 2.57. The molecule has 0 aromatic carbocycles. The van der Waals surface area contributed by atoms with Gasteiger partial charge in [0.25, 0.3) is 0 Å². The van der Waals surface area contributed by atoms with E-state index in [1.54, 1.807) is 0 Å². The predicted octanol–water partition coefficient (Wildman–Crippen LogP) is 2.72. The van der Waals surface area contributed by atoms with Gasteiger partial charge in [0.05, 0.1) is 12.2 Å². The van der Waals surface area contributed by atoms with Crippen LogP contribution in [-0.2, 0) is 4.74 Å². The number of ether oxygens (including phenoxy) is 1. The topological polar surface area (TPSA) is 41.5 Å². The van der Waals surface area contributed by atoms with Crippen LogP contribution in [0.4, 0.5) is 0 Å². The van der Waals surface area contributed by atoms with Crippen LogP contribution in [0.3, 0.4) is 0 Å². The summed E-state index contributed by atoms with van der Waals surface area (Å²) < 4.78 is 5.85. The molecule has 1 spiro atoms. The molecule has 3 heteroatoms. The summed E-state index contributed by atoms with van der Waals surface area (Å²) in [5.74, 6) is 0. The summed E-state index contributed by atoms with van der Waals surface area (Å²) in [6.45, 7) is 10.2. The Morgan fingerprint density at radius 1 is 1.37 bits per heavy atom. The molecule has 0 aromatic heterocycles. The number of nitrogens with one attached hydrogen (secondary N) is 1. The van der Waals surface area contributed by atoms with Crippen molar-refractivity contribution < 1.29 is 9.84 Å². The zero-order valence-electron chi connectivity index (χ0n) is 13.0. The molecule has 2 saturated carbocycles. The highest BCUT2D eigenvalue weighted by molar-refractivity contribution is 5.12. The average Bonchev–Trinajstić information content (AvgIpc) is 2.17. The molecule has 0 aromatic rings. The lowest BCUT2D eigenvalue weighted by Crippen LogP contribution is -2.67. The van der Waals surface area contributed by atoms with Crippen LogP contribution in [0.15, 0.2) is 0 Å². The molecule has 2 aliphatic rings. The van der Waals surface area contributed by atoms with Gasteiger partial charge in [0.2, 0.25) is 0 Å². The van der Waals surface area contributed by atoms with Crippen LogP contribution in [0, 0.1) is 10.8 Å². The molecule has 2 N–H and O–H groups in total. The molecule has 3 atom stereocenters. The molecule has 112 valence electrons. The van der Waals surface area contributed by atoms with E-state index in [9.17, 15) is 5.11 Å². The maximum absolute atomic E-state index is 10.1. The summed E-state index contributed by atoms with van der Waals surface area (Å²) in [5.41, 5.74) is 0.597. The van der Waals surface area contributed by atoms with Gasteiger partial charge in [-0.25, -0.2) is 0 Å². The fourth-order valence-corrected chi connectivity index (χ4v) is 3.78. The van der Waals surface area contributed by atoms with Crippen molar-refractivity contribution in [3.05, 3.63) is 0 Å². The maximum atomic E-state index is 10.1. The fourth-order valence-electron chi connectivity index (χ4n) is 3.78. The number of aliphatic hydroxyl groups excluding tert-OH is 1. The second-order valence-corrected chi connectivity index (χ2v) is 7.65. The van der Waals surface area contributed by atoms with Crippen molar-refractivity contribution in [1.29, 1.82) is 0 Å². The summed E-state index contributed by atoms with van der Waals surface area (Å²) in [6.07, 6.45) is 6.14. The Morgan fingerprint density at radius 3 is 2.53 bits per heavy atom. The van der Waals surface area contributed by atoms with E-state index in [2.05, 4.69) is 33.0 Å². The van der Waals surface area contributed by atoms with E-state index in [4.69, 9.17) is 4.74 Å². The molecule has 3 unspecified atom stereocenters. The third kappa shape index (κ3) is 3.32. The van der Waals surface area contributed by atoms with Gasteiger partial charge in [-0.3, -0.25) is 0 Å². The first-order valence-electron chi connectivity index (χ1n) is 7.90. The Balaban J connectivity index is 1.75. The lowest BCUT2D eigenvalue weighted by atomic mass is 9.51. The van der Waals surface area contributed by atoms with Gasteiger partial charge in [-0.2, -0.15) is 0 Å². The minimum absolute atomic E-state index is 0.197. The third-order valence-corrected chi connectivity index (χ3v) is 4.89. The van der Waals surface area contributed by atoms with Gasteiger partial charge < -0.3 is 15.2 Å². The summed E-state index contributed by atoms with van der Waals surface area (Å²) in [7, 11) is 0. The molecule has 0 heterocycles. The summed E-state index contributed by atoms with van der Waals surface area (Å²) in [4.78, 5) is 0. The van der Waals surface area contributed by atoms with Crippen molar-refractivity contribution in [3.8, 4) is 0 Å². The van der Waals surface area contributed by atoms with Gasteiger partial charge in [-0.15, -0.1) is 0 Å². The number of hydrogen-bond donors (Lipinski definition) is 2. The minimum atomic E-state index is -0.233. The molecule has 0 bridgehead atoms. The van der Waals surface area contributed by atoms with E-state index >= 15 is 0 Å². The smallest absolute Gasteiger partial charge is 0.0669 e. The predicted molar refractivity (Wildman–Crippen MR) is 78.2 cm³/mol. The van der Waals surface area contributed by atoms with E-state index in [0.29, 0.717) is 17.6 Å². The molecule has 0 saturated heterocycles. The average molecular weight is 269 g/mol. The first-order valence-corrected chi connectivity index (χ1v) is 7.90. The quantitative estimate of drug-likeness (QED) is 0.779. The second-order valence-electron chi connectivity index (χ2n) is 7.65. The highest BCUT2D eigenvalue weighted by Gasteiger charge is 2.58. The van der Waals surface area contributed by atoms with E-state index in [1.165, 1.54) is 19.3 Å². The van der Waals surface area contributed by atoms with Crippen LogP contribution in [0.5, 0.6) is 0 Å². The fraction of sp³-hybridized carbons (Fsp3) is 1.00. The Hall–Kier alpha value is -0.120. The Bertz CT molecular complexity index is 294. The van der Waals surface area contributed by atoms with Gasteiger partial charge in [-0.05, 0) is 38.0 Å². The van der Waals surface area contributed by atoms with Crippen LogP contribution >= 0.6 is 0 Å². The van der Waals surface area contributed by atoms with Crippen molar-refractivity contribution in [1.82, 2.24) is 5.32 Å². The highest BCUT2D eigenvalue weighted by atomic mass is 16.5. The number of rotatable bonds is 6. The maximum Gasteiger partial charge on any atom is 0.0669 e. The zero-order valence-corrected chi connectivity index (χ0v) is 13.0. The van der Waals surface area contributed by atoms with Crippen molar-refractivity contribution in [2.24, 2.45) is 10.8 Å². The standard InChI is InChI=1S/C16H31NO2/c1-5-19-14-9-13(16(14)7-6-8-16)17-11-12(18)10-15(2,3)4/h12-14,17-18H,5-11H2,1-4H3. The second kappa shape index (κ2) is 5.71. The number of hydrogen-bond acceptors (Lipinski definition) is 3. The summed E-state index contributed by atoms with van der Waals surface area (Å²) >= 11 is 0.